The smallest absolute Gasteiger partial charge is 0.326 e. The molecular formula is C10H16N2O3S. The van der Waals surface area contributed by atoms with Gasteiger partial charge in [-0.15, -0.1) is 5.92 Å². The highest BCUT2D eigenvalue weighted by Gasteiger charge is 2.18. The van der Waals surface area contributed by atoms with Gasteiger partial charge in [0.15, 0.2) is 0 Å². The van der Waals surface area contributed by atoms with Crippen molar-refractivity contribution in [1.29, 1.82) is 0 Å². The molecule has 0 aromatic heterocycles. The van der Waals surface area contributed by atoms with E-state index in [-0.39, 0.29) is 6.54 Å². The number of urea groups is 1. The number of carboxylic acid groups (broad SMARTS) is 1. The predicted molar refractivity (Wildman–Crippen MR) is 64.4 cm³/mol. The number of hydrogen-bond acceptors (Lipinski definition) is 3. The summed E-state index contributed by atoms with van der Waals surface area (Å²) in [6, 6.07) is -1.35. The van der Waals surface area contributed by atoms with Crippen LogP contribution in [0.25, 0.3) is 0 Å². The fourth-order valence-electron chi connectivity index (χ4n) is 0.915. The molecule has 0 aliphatic rings. The van der Waals surface area contributed by atoms with Crippen LogP contribution in [-0.2, 0) is 4.79 Å². The molecule has 0 bridgehead atoms. The van der Waals surface area contributed by atoms with Gasteiger partial charge in [-0.1, -0.05) is 5.92 Å². The van der Waals surface area contributed by atoms with Crippen molar-refractivity contribution in [1.82, 2.24) is 10.6 Å². The molecule has 0 aliphatic heterocycles. The number of amides is 2. The highest BCUT2D eigenvalue weighted by molar-refractivity contribution is 7.98. The molecule has 0 saturated heterocycles. The number of carboxylic acids is 1. The minimum Gasteiger partial charge on any atom is -0.480 e. The average Bonchev–Trinajstić information content (AvgIpc) is 2.24. The molecule has 0 radical (unpaired) electrons. The van der Waals surface area contributed by atoms with Crippen LogP contribution in [0.1, 0.15) is 13.3 Å². The van der Waals surface area contributed by atoms with Gasteiger partial charge in [0.25, 0.3) is 0 Å². The zero-order valence-electron chi connectivity index (χ0n) is 9.37. The van der Waals surface area contributed by atoms with Gasteiger partial charge >= 0.3 is 12.0 Å². The maximum absolute atomic E-state index is 11.2. The Hall–Kier alpha value is -1.35. The lowest BCUT2D eigenvalue weighted by Crippen LogP contribution is -2.46. The van der Waals surface area contributed by atoms with Gasteiger partial charge in [0.1, 0.15) is 6.04 Å². The van der Waals surface area contributed by atoms with Crippen molar-refractivity contribution in [2.45, 2.75) is 19.4 Å². The van der Waals surface area contributed by atoms with Crippen molar-refractivity contribution >= 4 is 23.8 Å². The molecule has 0 aliphatic carbocycles. The number of rotatable bonds is 6. The summed E-state index contributed by atoms with van der Waals surface area (Å²) in [7, 11) is 0. The van der Waals surface area contributed by atoms with Crippen molar-refractivity contribution in [2.75, 3.05) is 18.6 Å². The fourth-order valence-corrected chi connectivity index (χ4v) is 1.39. The van der Waals surface area contributed by atoms with E-state index >= 15 is 0 Å². The Kier molecular flexibility index (Phi) is 8.17. The Morgan fingerprint density at radius 2 is 2.19 bits per heavy atom. The van der Waals surface area contributed by atoms with Gasteiger partial charge in [0.2, 0.25) is 0 Å². The van der Waals surface area contributed by atoms with E-state index in [1.807, 2.05) is 6.26 Å². The average molecular weight is 244 g/mol. The van der Waals surface area contributed by atoms with Gasteiger partial charge in [-0.25, -0.2) is 9.59 Å². The molecule has 0 rings (SSSR count). The van der Waals surface area contributed by atoms with E-state index in [0.717, 1.165) is 0 Å². The highest BCUT2D eigenvalue weighted by Crippen LogP contribution is 2.00. The second-order valence-electron chi connectivity index (χ2n) is 2.93. The number of nitrogens with one attached hydrogen (secondary N) is 2. The molecule has 6 heteroatoms. The molecule has 1 unspecified atom stereocenters. The molecule has 0 spiro atoms. The SMILES string of the molecule is CC#CCNC(=O)NC(CCSC)C(=O)O. The first-order valence-electron chi connectivity index (χ1n) is 4.77. The van der Waals surface area contributed by atoms with Crippen molar-refractivity contribution < 1.29 is 14.7 Å². The summed E-state index contributed by atoms with van der Waals surface area (Å²) in [6.07, 6.45) is 2.29. The minimum atomic E-state index is -1.02. The first-order valence-corrected chi connectivity index (χ1v) is 6.17. The molecular weight excluding hydrogens is 228 g/mol. The van der Waals surface area contributed by atoms with E-state index in [1.54, 1.807) is 6.92 Å². The molecule has 0 heterocycles. The summed E-state index contributed by atoms with van der Waals surface area (Å²) in [6.45, 7) is 1.88. The van der Waals surface area contributed by atoms with Crippen LogP contribution in [0.3, 0.4) is 0 Å². The fraction of sp³-hybridized carbons (Fsp3) is 0.600. The largest absolute Gasteiger partial charge is 0.480 e. The summed E-state index contributed by atoms with van der Waals surface area (Å²) in [5.74, 6) is 4.94. The Bertz CT molecular complexity index is 296. The van der Waals surface area contributed by atoms with Crippen LogP contribution in [0, 0.1) is 11.8 Å². The van der Waals surface area contributed by atoms with Crippen molar-refractivity contribution in [3.8, 4) is 11.8 Å². The molecule has 0 fully saturated rings. The van der Waals surface area contributed by atoms with Crippen molar-refractivity contribution in [3.05, 3.63) is 0 Å². The summed E-state index contributed by atoms with van der Waals surface area (Å²) >= 11 is 1.54. The lowest BCUT2D eigenvalue weighted by molar-refractivity contribution is -0.139. The summed E-state index contributed by atoms with van der Waals surface area (Å²) in [5.41, 5.74) is 0. The molecule has 3 N–H and O–H groups in total. The van der Waals surface area contributed by atoms with Gasteiger partial charge in [-0.2, -0.15) is 11.8 Å². The third-order valence-corrected chi connectivity index (χ3v) is 2.37. The van der Waals surface area contributed by atoms with Crippen LogP contribution in [0.15, 0.2) is 0 Å². The second-order valence-corrected chi connectivity index (χ2v) is 3.91. The van der Waals surface area contributed by atoms with Gasteiger partial charge in [0, 0.05) is 0 Å². The van der Waals surface area contributed by atoms with Gasteiger partial charge in [0.05, 0.1) is 6.54 Å². The van der Waals surface area contributed by atoms with Crippen LogP contribution in [0.2, 0.25) is 0 Å². The molecule has 90 valence electrons. The van der Waals surface area contributed by atoms with Crippen LogP contribution >= 0.6 is 11.8 Å². The maximum atomic E-state index is 11.2. The highest BCUT2D eigenvalue weighted by atomic mass is 32.2. The minimum absolute atomic E-state index is 0.219. The van der Waals surface area contributed by atoms with Crippen LogP contribution in [0.5, 0.6) is 0 Å². The first-order chi connectivity index (χ1) is 7.61. The van der Waals surface area contributed by atoms with Crippen LogP contribution in [0.4, 0.5) is 4.79 Å². The zero-order valence-corrected chi connectivity index (χ0v) is 10.2. The van der Waals surface area contributed by atoms with E-state index in [4.69, 9.17) is 5.11 Å². The Morgan fingerprint density at radius 3 is 2.69 bits per heavy atom. The molecule has 16 heavy (non-hydrogen) atoms. The van der Waals surface area contributed by atoms with Crippen molar-refractivity contribution in [2.24, 2.45) is 0 Å². The quantitative estimate of drug-likeness (QED) is 0.595. The molecule has 1 atom stereocenters. The Morgan fingerprint density at radius 1 is 1.50 bits per heavy atom. The summed E-state index contributed by atoms with van der Waals surface area (Å²) < 4.78 is 0. The normalized spacial score (nSPS) is 10.9. The third-order valence-electron chi connectivity index (χ3n) is 1.73. The number of thioether (sulfide) groups is 1. The molecule has 2 amide bonds. The van der Waals surface area contributed by atoms with E-state index in [9.17, 15) is 9.59 Å². The number of carbonyl (C=O) groups is 2. The van der Waals surface area contributed by atoms with Gasteiger partial charge in [-0.05, 0) is 25.4 Å². The Labute approximate surface area is 99.4 Å². The zero-order chi connectivity index (χ0) is 12.4. The van der Waals surface area contributed by atoms with Crippen LogP contribution in [-0.4, -0.2) is 41.7 Å². The summed E-state index contributed by atoms with van der Waals surface area (Å²) in [5, 5.41) is 13.7. The monoisotopic (exact) mass is 244 g/mol. The first kappa shape index (κ1) is 14.6. The van der Waals surface area contributed by atoms with Crippen molar-refractivity contribution in [3.63, 3.8) is 0 Å². The van der Waals surface area contributed by atoms with Gasteiger partial charge < -0.3 is 15.7 Å². The summed E-state index contributed by atoms with van der Waals surface area (Å²) in [4.78, 5) is 22.0. The molecule has 5 nitrogen and oxygen atoms in total. The lowest BCUT2D eigenvalue weighted by atomic mass is 10.2. The van der Waals surface area contributed by atoms with E-state index < -0.39 is 18.0 Å². The maximum Gasteiger partial charge on any atom is 0.326 e. The topological polar surface area (TPSA) is 78.4 Å². The lowest BCUT2D eigenvalue weighted by Gasteiger charge is -2.13. The molecule has 0 saturated carbocycles. The standard InChI is InChI=1S/C10H16N2O3S/c1-3-4-6-11-10(15)12-8(9(13)14)5-7-16-2/h8H,5-7H2,1-2H3,(H,13,14)(H2,11,12,15). The van der Waals surface area contributed by atoms with E-state index in [0.29, 0.717) is 12.2 Å². The third kappa shape index (κ3) is 7.01. The molecule has 0 aromatic carbocycles. The van der Waals surface area contributed by atoms with Gasteiger partial charge in [-0.3, -0.25) is 0 Å². The predicted octanol–water partition coefficient (Wildman–Crippen LogP) is 0.515. The van der Waals surface area contributed by atoms with Crippen LogP contribution < -0.4 is 10.6 Å². The number of aliphatic carboxylic acids is 1. The van der Waals surface area contributed by atoms with E-state index in [1.165, 1.54) is 11.8 Å². The number of hydrogen-bond donors (Lipinski definition) is 3. The second kappa shape index (κ2) is 8.92. The van der Waals surface area contributed by atoms with E-state index in [2.05, 4.69) is 22.5 Å². The Balaban J connectivity index is 4.01. The number of carbonyl (C=O) groups excluding carboxylic acids is 1. The molecule has 0 aromatic rings.